The van der Waals surface area contributed by atoms with E-state index in [9.17, 15) is 21.6 Å². The number of nitrogens with one attached hydrogen (secondary N) is 1. The van der Waals surface area contributed by atoms with Crippen LogP contribution >= 0.6 is 0 Å². The number of carbonyl (C=O) groups is 1. The average molecular weight is 410 g/mol. The van der Waals surface area contributed by atoms with E-state index < -0.39 is 26.0 Å². The van der Waals surface area contributed by atoms with Crippen LogP contribution in [0.3, 0.4) is 0 Å². The van der Waals surface area contributed by atoms with Crippen LogP contribution in [0.1, 0.15) is 13.3 Å². The highest BCUT2D eigenvalue weighted by Gasteiger charge is 2.36. The van der Waals surface area contributed by atoms with Crippen LogP contribution in [0.2, 0.25) is 0 Å². The average Bonchev–Trinajstić information content (AvgIpc) is 2.89. The number of hydrogen-bond donors (Lipinski definition) is 1. The zero-order valence-electron chi connectivity index (χ0n) is 14.5. The van der Waals surface area contributed by atoms with Gasteiger partial charge in [0.2, 0.25) is 15.9 Å². The molecule has 0 unspecified atom stereocenters. The monoisotopic (exact) mass is 410 g/mol. The molecule has 1 aliphatic rings. The minimum Gasteiger partial charge on any atom is -0.494 e. The molecule has 144 valence electrons. The first-order valence-electron chi connectivity index (χ1n) is 8.14. The molecule has 1 N–H and O–H groups in total. The smallest absolute Gasteiger partial charge is 0.261 e. The Balaban J connectivity index is 1.80. The van der Waals surface area contributed by atoms with Crippen molar-refractivity contribution in [1.29, 1.82) is 0 Å². The Morgan fingerprint density at radius 3 is 2.22 bits per heavy atom. The first-order chi connectivity index (χ1) is 12.7. The maximum absolute atomic E-state index is 12.5. The lowest BCUT2D eigenvalue weighted by Crippen LogP contribution is -2.29. The molecule has 1 heterocycles. The minimum atomic E-state index is -3.86. The first kappa shape index (κ1) is 19.2. The normalized spacial score (nSPS) is 16.3. The van der Waals surface area contributed by atoms with Crippen LogP contribution < -0.4 is 13.8 Å². The van der Waals surface area contributed by atoms with Gasteiger partial charge in [-0.15, -0.1) is 0 Å². The van der Waals surface area contributed by atoms with Crippen LogP contribution in [-0.2, 0) is 24.8 Å². The maximum Gasteiger partial charge on any atom is 0.261 e. The summed E-state index contributed by atoms with van der Waals surface area (Å²) < 4.78 is 57.3. The second kappa shape index (κ2) is 7.20. The van der Waals surface area contributed by atoms with Crippen LogP contribution in [0.5, 0.6) is 5.75 Å². The lowest BCUT2D eigenvalue weighted by atomic mass is 10.3. The summed E-state index contributed by atoms with van der Waals surface area (Å²) in [6, 6.07) is 11.6. The molecule has 2 aromatic rings. The number of carbonyl (C=O) groups excluding carboxylic acids is 1. The molecule has 1 fully saturated rings. The molecule has 3 rings (SSSR count). The van der Waals surface area contributed by atoms with Gasteiger partial charge in [0.1, 0.15) is 5.75 Å². The van der Waals surface area contributed by atoms with Gasteiger partial charge in [0.25, 0.3) is 10.0 Å². The first-order valence-corrected chi connectivity index (χ1v) is 11.2. The quantitative estimate of drug-likeness (QED) is 0.779. The molecule has 1 amide bonds. The molecule has 1 saturated heterocycles. The molecule has 0 aromatic heterocycles. The fourth-order valence-electron chi connectivity index (χ4n) is 2.63. The van der Waals surface area contributed by atoms with Crippen LogP contribution in [0.4, 0.5) is 11.4 Å². The number of benzene rings is 2. The zero-order chi connectivity index (χ0) is 19.7. The van der Waals surface area contributed by atoms with E-state index in [4.69, 9.17) is 4.74 Å². The van der Waals surface area contributed by atoms with Gasteiger partial charge in [-0.25, -0.2) is 21.1 Å². The van der Waals surface area contributed by atoms with Gasteiger partial charge in [-0.3, -0.25) is 9.52 Å². The Kier molecular flexibility index (Phi) is 5.11. The third-order valence-corrected chi connectivity index (χ3v) is 6.97. The number of amides is 1. The van der Waals surface area contributed by atoms with Crippen molar-refractivity contribution < 1.29 is 26.4 Å². The largest absolute Gasteiger partial charge is 0.494 e. The highest BCUT2D eigenvalue weighted by molar-refractivity contribution is 7.94. The van der Waals surface area contributed by atoms with E-state index in [1.807, 2.05) is 6.92 Å². The molecule has 1 aliphatic heterocycles. The van der Waals surface area contributed by atoms with Crippen molar-refractivity contribution in [1.82, 2.24) is 0 Å². The molecule has 0 saturated carbocycles. The van der Waals surface area contributed by atoms with E-state index in [0.717, 1.165) is 0 Å². The number of sulfonamides is 2. The second-order valence-corrected chi connectivity index (χ2v) is 9.40. The van der Waals surface area contributed by atoms with Gasteiger partial charge in [-0.1, -0.05) is 0 Å². The van der Waals surface area contributed by atoms with Crippen LogP contribution in [-0.4, -0.2) is 35.1 Å². The maximum atomic E-state index is 12.5. The van der Waals surface area contributed by atoms with Crippen LogP contribution in [0.15, 0.2) is 53.4 Å². The van der Waals surface area contributed by atoms with Gasteiger partial charge < -0.3 is 4.74 Å². The lowest BCUT2D eigenvalue weighted by molar-refractivity contribution is -0.116. The molecular weight excluding hydrogens is 392 g/mol. The molecule has 27 heavy (non-hydrogen) atoms. The van der Waals surface area contributed by atoms with Gasteiger partial charge in [0.15, 0.2) is 0 Å². The van der Waals surface area contributed by atoms with Crippen molar-refractivity contribution in [2.45, 2.75) is 18.2 Å². The summed E-state index contributed by atoms with van der Waals surface area (Å²) in [5, 5.41) is 0. The highest BCUT2D eigenvalue weighted by Crippen LogP contribution is 2.27. The Bertz CT molecular complexity index is 1050. The number of ether oxygens (including phenoxy) is 1. The molecule has 0 atom stereocenters. The topological polar surface area (TPSA) is 110 Å². The summed E-state index contributed by atoms with van der Waals surface area (Å²) >= 11 is 0. The highest BCUT2D eigenvalue weighted by atomic mass is 32.2. The van der Waals surface area contributed by atoms with Crippen molar-refractivity contribution >= 4 is 37.3 Å². The molecule has 0 radical (unpaired) electrons. The van der Waals surface area contributed by atoms with E-state index in [1.54, 1.807) is 24.3 Å². The number of anilines is 2. The number of rotatable bonds is 6. The summed E-state index contributed by atoms with van der Waals surface area (Å²) in [6.07, 6.45) is -0.0817. The van der Waals surface area contributed by atoms with E-state index in [0.29, 0.717) is 22.3 Å². The minimum absolute atomic E-state index is 0.0517. The SMILES string of the molecule is CCOc1ccc(NS(=O)(=O)c2ccc(N3C(=O)CCS3(=O)=O)cc2)cc1. The third kappa shape index (κ3) is 4.06. The van der Waals surface area contributed by atoms with E-state index in [-0.39, 0.29) is 22.8 Å². The molecule has 8 nitrogen and oxygen atoms in total. The molecule has 0 spiro atoms. The molecular formula is C17H18N2O6S2. The lowest BCUT2D eigenvalue weighted by Gasteiger charge is -2.15. The van der Waals surface area contributed by atoms with E-state index in [1.165, 1.54) is 24.3 Å². The standard InChI is InChI=1S/C17H18N2O6S2/c1-2-25-15-7-3-13(4-8-15)18-27(23,24)16-9-5-14(6-10-16)19-17(20)11-12-26(19,21)22/h3-10,18H,2,11-12H2,1H3. The van der Waals surface area contributed by atoms with Crippen molar-refractivity contribution in [3.05, 3.63) is 48.5 Å². The summed E-state index contributed by atoms with van der Waals surface area (Å²) in [4.78, 5) is 11.7. The van der Waals surface area contributed by atoms with Crippen molar-refractivity contribution in [2.24, 2.45) is 0 Å². The number of hydrogen-bond acceptors (Lipinski definition) is 6. The molecule has 0 bridgehead atoms. The Labute approximate surface area is 157 Å². The molecule has 0 aliphatic carbocycles. The van der Waals surface area contributed by atoms with Crippen molar-refractivity contribution in [3.63, 3.8) is 0 Å². The summed E-state index contributed by atoms with van der Waals surface area (Å²) in [5.74, 6) is -0.148. The van der Waals surface area contributed by atoms with E-state index in [2.05, 4.69) is 4.72 Å². The van der Waals surface area contributed by atoms with E-state index >= 15 is 0 Å². The third-order valence-electron chi connectivity index (χ3n) is 3.88. The predicted molar refractivity (Wildman–Crippen MR) is 101 cm³/mol. The van der Waals surface area contributed by atoms with Crippen LogP contribution in [0, 0.1) is 0 Å². The summed E-state index contributed by atoms with van der Waals surface area (Å²) in [7, 11) is -7.55. The van der Waals surface area contributed by atoms with Gasteiger partial charge in [-0.05, 0) is 55.5 Å². The fraction of sp³-hybridized carbons (Fsp3) is 0.235. The summed E-state index contributed by atoms with van der Waals surface area (Å²) in [6.45, 7) is 2.36. The van der Waals surface area contributed by atoms with Gasteiger partial charge >= 0.3 is 0 Å². The Morgan fingerprint density at radius 1 is 1.07 bits per heavy atom. The van der Waals surface area contributed by atoms with Gasteiger partial charge in [-0.2, -0.15) is 0 Å². The summed E-state index contributed by atoms with van der Waals surface area (Å²) in [5.41, 5.74) is 0.484. The number of nitrogens with zero attached hydrogens (tertiary/aromatic N) is 1. The molecule has 2 aromatic carbocycles. The van der Waals surface area contributed by atoms with Gasteiger partial charge in [0.05, 0.1) is 22.9 Å². The second-order valence-electron chi connectivity index (χ2n) is 5.78. The Hall–Kier alpha value is -2.59. The zero-order valence-corrected chi connectivity index (χ0v) is 16.1. The fourth-order valence-corrected chi connectivity index (χ4v) is 5.15. The Morgan fingerprint density at radius 2 is 1.70 bits per heavy atom. The van der Waals surface area contributed by atoms with Crippen LogP contribution in [0.25, 0.3) is 0 Å². The molecule has 10 heteroatoms. The predicted octanol–water partition coefficient (Wildman–Crippen LogP) is 1.95. The van der Waals surface area contributed by atoms with Gasteiger partial charge in [0, 0.05) is 12.1 Å². The van der Waals surface area contributed by atoms with Crippen molar-refractivity contribution in [3.8, 4) is 5.75 Å². The van der Waals surface area contributed by atoms with Crippen molar-refractivity contribution in [2.75, 3.05) is 21.4 Å².